The van der Waals surface area contributed by atoms with Gasteiger partial charge in [0.1, 0.15) is 11.9 Å². The van der Waals surface area contributed by atoms with Crippen LogP contribution in [0.15, 0.2) is 29.5 Å². The molecule has 2 rings (SSSR count). The van der Waals surface area contributed by atoms with Crippen molar-refractivity contribution < 1.29 is 4.79 Å². The summed E-state index contributed by atoms with van der Waals surface area (Å²) in [6, 6.07) is 6.66. The van der Waals surface area contributed by atoms with Crippen LogP contribution < -0.4 is 5.32 Å². The van der Waals surface area contributed by atoms with Gasteiger partial charge in [0, 0.05) is 12.1 Å². The zero-order valence-electron chi connectivity index (χ0n) is 9.40. The smallest absolute Gasteiger partial charge is 0.271 e. The number of likely N-dealkylation sites (N-methyl/N-ethyl adjacent to an activating group) is 1. The van der Waals surface area contributed by atoms with Crippen molar-refractivity contribution in [2.24, 2.45) is 5.22 Å². The summed E-state index contributed by atoms with van der Waals surface area (Å²) in [5.74, 6) is -0.0721. The summed E-state index contributed by atoms with van der Waals surface area (Å²) in [5, 5.41) is 14.8. The van der Waals surface area contributed by atoms with Gasteiger partial charge >= 0.3 is 0 Å². The molecule has 1 aliphatic rings. The predicted molar refractivity (Wildman–Crippen MR) is 61.7 cm³/mol. The third-order valence-electron chi connectivity index (χ3n) is 2.75. The van der Waals surface area contributed by atoms with Gasteiger partial charge in [-0.05, 0) is 12.5 Å². The zero-order chi connectivity index (χ0) is 12.4. The van der Waals surface area contributed by atoms with Gasteiger partial charge in [0.2, 0.25) is 0 Å². The first-order chi connectivity index (χ1) is 8.19. The molecule has 0 aliphatic carbocycles. The number of fused-ring (bicyclic) bond motifs is 1. The highest BCUT2D eigenvalue weighted by atomic mass is 16.2. The molecule has 0 aromatic heterocycles. The molecule has 0 radical (unpaired) electrons. The molecule has 17 heavy (non-hydrogen) atoms. The molecular weight excluding hydrogens is 218 g/mol. The van der Waals surface area contributed by atoms with Crippen LogP contribution in [0.3, 0.4) is 0 Å². The molecule has 1 heterocycles. The molecular formula is C11H13N5O. The van der Waals surface area contributed by atoms with Crippen LogP contribution in [-0.4, -0.2) is 23.3 Å². The van der Waals surface area contributed by atoms with E-state index < -0.39 is 6.04 Å². The van der Waals surface area contributed by atoms with E-state index in [-0.39, 0.29) is 11.7 Å². The van der Waals surface area contributed by atoms with Gasteiger partial charge in [-0.25, -0.2) is 5.01 Å². The molecule has 1 atom stereocenters. The van der Waals surface area contributed by atoms with Gasteiger partial charge in [-0.1, -0.05) is 29.5 Å². The fraction of sp³-hybridized carbons (Fsp3) is 0.273. The summed E-state index contributed by atoms with van der Waals surface area (Å²) >= 11 is 0. The number of carbonyl (C=O) groups excluding carboxylic acids is 1. The first-order valence-corrected chi connectivity index (χ1v) is 5.32. The van der Waals surface area contributed by atoms with E-state index in [9.17, 15) is 4.79 Å². The average molecular weight is 231 g/mol. The van der Waals surface area contributed by atoms with Crippen molar-refractivity contribution in [2.75, 3.05) is 6.54 Å². The number of hydrogen-bond donors (Lipinski definition) is 3. The third kappa shape index (κ3) is 1.77. The summed E-state index contributed by atoms with van der Waals surface area (Å²) in [4.78, 5) is 12.1. The van der Waals surface area contributed by atoms with E-state index in [2.05, 4.69) is 10.5 Å². The number of rotatable bonds is 3. The highest BCUT2D eigenvalue weighted by molar-refractivity contribution is 6.05. The molecule has 6 heteroatoms. The van der Waals surface area contributed by atoms with Gasteiger partial charge in [-0.3, -0.25) is 10.2 Å². The van der Waals surface area contributed by atoms with Crippen molar-refractivity contribution in [1.29, 1.82) is 10.9 Å². The van der Waals surface area contributed by atoms with Crippen molar-refractivity contribution in [2.45, 2.75) is 13.0 Å². The summed E-state index contributed by atoms with van der Waals surface area (Å²) in [5.41, 5.74) is 8.43. The standard InChI is InChI=1S/C11H13N5O/c1-2-16(15-13)11(17)9-7-5-3-4-6-8(7)10(12)14-9/h3-6,9,13H,2H2,1H3,(H2,12,14). The Bertz CT molecular complexity index is 485. The van der Waals surface area contributed by atoms with Crippen LogP contribution in [-0.2, 0) is 4.79 Å². The highest BCUT2D eigenvalue weighted by Crippen LogP contribution is 2.26. The number of amides is 1. The molecule has 0 bridgehead atoms. The van der Waals surface area contributed by atoms with Crippen molar-refractivity contribution in [3.63, 3.8) is 0 Å². The van der Waals surface area contributed by atoms with E-state index in [1.807, 2.05) is 18.2 Å². The Labute approximate surface area is 98.6 Å². The van der Waals surface area contributed by atoms with E-state index in [0.29, 0.717) is 6.54 Å². The lowest BCUT2D eigenvalue weighted by Crippen LogP contribution is -2.36. The number of hydrogen-bond acceptors (Lipinski definition) is 4. The molecule has 3 N–H and O–H groups in total. The summed E-state index contributed by atoms with van der Waals surface area (Å²) < 4.78 is 0. The van der Waals surface area contributed by atoms with E-state index in [1.165, 1.54) is 0 Å². The van der Waals surface area contributed by atoms with E-state index in [1.54, 1.807) is 13.0 Å². The molecule has 1 aromatic rings. The Morgan fingerprint density at radius 2 is 2.24 bits per heavy atom. The molecule has 0 fully saturated rings. The summed E-state index contributed by atoms with van der Waals surface area (Å²) in [6.07, 6.45) is 0. The normalized spacial score (nSPS) is 17.2. The van der Waals surface area contributed by atoms with Gasteiger partial charge in [-0.2, -0.15) is 5.53 Å². The first kappa shape index (κ1) is 11.3. The molecule has 0 saturated carbocycles. The van der Waals surface area contributed by atoms with Crippen molar-refractivity contribution in [3.8, 4) is 0 Å². The number of nitrogens with zero attached hydrogens (tertiary/aromatic N) is 2. The number of nitrogens with one attached hydrogen (secondary N) is 3. The SMILES string of the molecule is CCN(N=N)C(=O)C1NC(=N)c2ccccc21. The second-order valence-corrected chi connectivity index (χ2v) is 3.69. The van der Waals surface area contributed by atoms with Crippen LogP contribution in [0.2, 0.25) is 0 Å². The molecule has 0 spiro atoms. The number of carbonyl (C=O) groups is 1. The molecule has 0 saturated heterocycles. The Kier molecular flexibility index (Phi) is 2.86. The van der Waals surface area contributed by atoms with Crippen LogP contribution in [0, 0.1) is 10.9 Å². The molecule has 1 aromatic carbocycles. The first-order valence-electron chi connectivity index (χ1n) is 5.32. The largest absolute Gasteiger partial charge is 0.355 e. The average Bonchev–Trinajstić information content (AvgIpc) is 2.69. The fourth-order valence-corrected chi connectivity index (χ4v) is 1.90. The van der Waals surface area contributed by atoms with Crippen LogP contribution in [0.4, 0.5) is 0 Å². The second-order valence-electron chi connectivity index (χ2n) is 3.69. The monoisotopic (exact) mass is 231 g/mol. The maximum atomic E-state index is 12.1. The minimum absolute atomic E-state index is 0.236. The van der Waals surface area contributed by atoms with Crippen LogP contribution in [0.5, 0.6) is 0 Å². The van der Waals surface area contributed by atoms with Crippen LogP contribution >= 0.6 is 0 Å². The number of benzene rings is 1. The second kappa shape index (κ2) is 4.32. The van der Waals surface area contributed by atoms with E-state index in [4.69, 9.17) is 10.9 Å². The van der Waals surface area contributed by atoms with E-state index in [0.717, 1.165) is 16.1 Å². The Balaban J connectivity index is 2.34. The van der Waals surface area contributed by atoms with Gasteiger partial charge in [0.05, 0.1) is 0 Å². The Morgan fingerprint density at radius 1 is 1.53 bits per heavy atom. The van der Waals surface area contributed by atoms with Crippen molar-refractivity contribution in [3.05, 3.63) is 35.4 Å². The summed E-state index contributed by atoms with van der Waals surface area (Å²) in [7, 11) is 0. The van der Waals surface area contributed by atoms with Gasteiger partial charge in [-0.15, -0.1) is 0 Å². The van der Waals surface area contributed by atoms with Gasteiger partial charge in [0.25, 0.3) is 5.91 Å². The lowest BCUT2D eigenvalue weighted by atomic mass is 10.0. The van der Waals surface area contributed by atoms with Crippen LogP contribution in [0.25, 0.3) is 0 Å². The minimum atomic E-state index is -0.604. The maximum absolute atomic E-state index is 12.1. The fourth-order valence-electron chi connectivity index (χ4n) is 1.90. The Morgan fingerprint density at radius 3 is 2.88 bits per heavy atom. The van der Waals surface area contributed by atoms with Crippen molar-refractivity contribution in [1.82, 2.24) is 10.3 Å². The summed E-state index contributed by atoms with van der Waals surface area (Å²) in [6.45, 7) is 2.10. The Hall–Kier alpha value is -2.24. The van der Waals surface area contributed by atoms with Crippen LogP contribution in [0.1, 0.15) is 24.1 Å². The molecule has 1 amide bonds. The molecule has 6 nitrogen and oxygen atoms in total. The lowest BCUT2D eigenvalue weighted by molar-refractivity contribution is -0.133. The van der Waals surface area contributed by atoms with Crippen molar-refractivity contribution >= 4 is 11.7 Å². The molecule has 1 unspecified atom stereocenters. The third-order valence-corrected chi connectivity index (χ3v) is 2.75. The van der Waals surface area contributed by atoms with Gasteiger partial charge in [0.15, 0.2) is 0 Å². The zero-order valence-corrected chi connectivity index (χ0v) is 9.40. The minimum Gasteiger partial charge on any atom is -0.355 e. The lowest BCUT2D eigenvalue weighted by Gasteiger charge is -2.18. The predicted octanol–water partition coefficient (Wildman–Crippen LogP) is 1.45. The maximum Gasteiger partial charge on any atom is 0.271 e. The topological polar surface area (TPSA) is 92.4 Å². The van der Waals surface area contributed by atoms with E-state index >= 15 is 0 Å². The highest BCUT2D eigenvalue weighted by Gasteiger charge is 2.33. The van der Waals surface area contributed by atoms with Gasteiger partial charge < -0.3 is 5.32 Å². The number of amidine groups is 1. The molecule has 88 valence electrons. The molecule has 1 aliphatic heterocycles. The quantitative estimate of drug-likeness (QED) is 0.542.